The van der Waals surface area contributed by atoms with Gasteiger partial charge in [-0.15, -0.1) is 0 Å². The highest BCUT2D eigenvalue weighted by atomic mass is 16.2. The van der Waals surface area contributed by atoms with Crippen molar-refractivity contribution in [2.45, 2.75) is 19.9 Å². The zero-order chi connectivity index (χ0) is 10.4. The molecule has 0 saturated carbocycles. The lowest BCUT2D eigenvalue weighted by Crippen LogP contribution is -2.39. The van der Waals surface area contributed by atoms with Crippen molar-refractivity contribution in [3.63, 3.8) is 0 Å². The lowest BCUT2D eigenvalue weighted by molar-refractivity contribution is 0.240. The van der Waals surface area contributed by atoms with Gasteiger partial charge in [0, 0.05) is 6.20 Å². The van der Waals surface area contributed by atoms with Crippen molar-refractivity contribution in [1.29, 1.82) is 0 Å². The van der Waals surface area contributed by atoms with Crippen LogP contribution in [0.25, 0.3) is 0 Å². The van der Waals surface area contributed by atoms with Gasteiger partial charge in [-0.25, -0.2) is 10.6 Å². The second-order valence-corrected chi connectivity index (χ2v) is 2.79. The highest BCUT2D eigenvalue weighted by molar-refractivity contribution is 5.72. The molecule has 0 aliphatic heterocycles. The van der Waals surface area contributed by atoms with E-state index in [0.29, 0.717) is 6.54 Å². The standard InChI is InChI=1S/C9H14N4O/c1-2-7-4-3-5-11-8(7)6-12-9(14)13-10/h3-5H,2,6,10H2,1H3,(H2,12,13,14). The minimum atomic E-state index is -0.405. The molecule has 1 aromatic rings. The fraction of sp³-hybridized carbons (Fsp3) is 0.333. The fourth-order valence-electron chi connectivity index (χ4n) is 1.17. The predicted molar refractivity (Wildman–Crippen MR) is 53.2 cm³/mol. The molecule has 0 saturated heterocycles. The van der Waals surface area contributed by atoms with Crippen LogP contribution in [0.2, 0.25) is 0 Å². The van der Waals surface area contributed by atoms with Crippen molar-refractivity contribution < 1.29 is 4.79 Å². The number of carbonyl (C=O) groups excluding carboxylic acids is 1. The van der Waals surface area contributed by atoms with Crippen molar-refractivity contribution in [1.82, 2.24) is 15.7 Å². The molecule has 0 bridgehead atoms. The third-order valence-corrected chi connectivity index (χ3v) is 1.91. The van der Waals surface area contributed by atoms with Gasteiger partial charge < -0.3 is 5.32 Å². The molecule has 2 amide bonds. The number of nitrogens with two attached hydrogens (primary N) is 1. The van der Waals surface area contributed by atoms with Gasteiger partial charge in [-0.2, -0.15) is 0 Å². The zero-order valence-electron chi connectivity index (χ0n) is 8.08. The van der Waals surface area contributed by atoms with Crippen LogP contribution in [0.4, 0.5) is 4.79 Å². The van der Waals surface area contributed by atoms with E-state index in [1.54, 1.807) is 6.20 Å². The molecule has 76 valence electrons. The molecular weight excluding hydrogens is 180 g/mol. The van der Waals surface area contributed by atoms with Crippen LogP contribution in [0.1, 0.15) is 18.2 Å². The molecule has 0 aliphatic carbocycles. The first-order valence-corrected chi connectivity index (χ1v) is 4.45. The smallest absolute Gasteiger partial charge is 0.329 e. The maximum absolute atomic E-state index is 10.8. The lowest BCUT2D eigenvalue weighted by atomic mass is 10.1. The van der Waals surface area contributed by atoms with Crippen molar-refractivity contribution in [2.75, 3.05) is 0 Å². The van der Waals surface area contributed by atoms with Gasteiger partial charge in [-0.3, -0.25) is 10.4 Å². The molecule has 0 aromatic carbocycles. The van der Waals surface area contributed by atoms with Crippen LogP contribution in [-0.4, -0.2) is 11.0 Å². The van der Waals surface area contributed by atoms with E-state index in [2.05, 4.69) is 10.3 Å². The average molecular weight is 194 g/mol. The first-order chi connectivity index (χ1) is 6.77. The van der Waals surface area contributed by atoms with E-state index in [1.165, 1.54) is 0 Å². The van der Waals surface area contributed by atoms with Crippen LogP contribution >= 0.6 is 0 Å². The SMILES string of the molecule is CCc1cccnc1CNC(=O)NN. The Hall–Kier alpha value is -1.62. The molecule has 0 aliphatic rings. The van der Waals surface area contributed by atoms with E-state index < -0.39 is 6.03 Å². The van der Waals surface area contributed by atoms with Crippen molar-refractivity contribution in [2.24, 2.45) is 5.84 Å². The van der Waals surface area contributed by atoms with Crippen molar-refractivity contribution >= 4 is 6.03 Å². The summed E-state index contributed by atoms with van der Waals surface area (Å²) in [5, 5.41) is 2.59. The summed E-state index contributed by atoms with van der Waals surface area (Å²) >= 11 is 0. The summed E-state index contributed by atoms with van der Waals surface area (Å²) in [4.78, 5) is 15.0. The molecule has 5 heteroatoms. The molecule has 1 heterocycles. The quantitative estimate of drug-likeness (QED) is 0.368. The molecule has 0 radical (unpaired) electrons. The molecule has 0 atom stereocenters. The molecule has 1 aromatic heterocycles. The van der Waals surface area contributed by atoms with Crippen LogP contribution in [0.3, 0.4) is 0 Å². The second kappa shape index (κ2) is 5.18. The zero-order valence-corrected chi connectivity index (χ0v) is 8.08. The summed E-state index contributed by atoms with van der Waals surface area (Å²) in [5.74, 6) is 4.92. The van der Waals surface area contributed by atoms with Crippen LogP contribution in [-0.2, 0) is 13.0 Å². The number of aromatic nitrogens is 1. The molecule has 0 unspecified atom stereocenters. The number of nitrogens with one attached hydrogen (secondary N) is 2. The fourth-order valence-corrected chi connectivity index (χ4v) is 1.17. The van der Waals surface area contributed by atoms with E-state index in [-0.39, 0.29) is 0 Å². The Morgan fingerprint density at radius 1 is 1.64 bits per heavy atom. The molecule has 1 rings (SSSR count). The first kappa shape index (κ1) is 10.5. The summed E-state index contributed by atoms with van der Waals surface area (Å²) < 4.78 is 0. The second-order valence-electron chi connectivity index (χ2n) is 2.79. The highest BCUT2D eigenvalue weighted by Gasteiger charge is 2.02. The van der Waals surface area contributed by atoms with Gasteiger partial charge in [0.25, 0.3) is 0 Å². The molecule has 5 nitrogen and oxygen atoms in total. The molecule has 0 fully saturated rings. The summed E-state index contributed by atoms with van der Waals surface area (Å²) in [6, 6.07) is 3.47. The molecule has 14 heavy (non-hydrogen) atoms. The Labute approximate surface area is 82.7 Å². The average Bonchev–Trinajstić information content (AvgIpc) is 2.26. The van der Waals surface area contributed by atoms with Crippen LogP contribution in [0, 0.1) is 0 Å². The number of carbonyl (C=O) groups is 1. The molecule has 4 N–H and O–H groups in total. The van der Waals surface area contributed by atoms with E-state index in [9.17, 15) is 4.79 Å². The van der Waals surface area contributed by atoms with Crippen LogP contribution in [0.5, 0.6) is 0 Å². The number of rotatable bonds is 3. The van der Waals surface area contributed by atoms with E-state index in [0.717, 1.165) is 17.7 Å². The third-order valence-electron chi connectivity index (χ3n) is 1.91. The third kappa shape index (κ3) is 2.70. The van der Waals surface area contributed by atoms with E-state index in [4.69, 9.17) is 5.84 Å². The number of nitrogens with zero attached hydrogens (tertiary/aromatic N) is 1. The Bertz CT molecular complexity index is 313. The molecule has 0 spiro atoms. The maximum atomic E-state index is 10.8. The van der Waals surface area contributed by atoms with Gasteiger partial charge in [0.05, 0.1) is 12.2 Å². The minimum Gasteiger partial charge on any atom is -0.331 e. The number of hydrazine groups is 1. The number of hydrogen-bond donors (Lipinski definition) is 3. The Morgan fingerprint density at radius 2 is 2.43 bits per heavy atom. The highest BCUT2D eigenvalue weighted by Crippen LogP contribution is 2.05. The lowest BCUT2D eigenvalue weighted by Gasteiger charge is -2.07. The summed E-state index contributed by atoms with van der Waals surface area (Å²) in [6.07, 6.45) is 2.60. The Kier molecular flexibility index (Phi) is 3.87. The van der Waals surface area contributed by atoms with Gasteiger partial charge in [0.15, 0.2) is 0 Å². The minimum absolute atomic E-state index is 0.396. The largest absolute Gasteiger partial charge is 0.331 e. The summed E-state index contributed by atoms with van der Waals surface area (Å²) in [6.45, 7) is 2.44. The summed E-state index contributed by atoms with van der Waals surface area (Å²) in [7, 11) is 0. The first-order valence-electron chi connectivity index (χ1n) is 4.45. The Balaban J connectivity index is 2.61. The van der Waals surface area contributed by atoms with Crippen LogP contribution < -0.4 is 16.6 Å². The van der Waals surface area contributed by atoms with E-state index >= 15 is 0 Å². The van der Waals surface area contributed by atoms with Gasteiger partial charge in [-0.05, 0) is 18.1 Å². The number of aryl methyl sites for hydroxylation is 1. The van der Waals surface area contributed by atoms with Gasteiger partial charge in [0.1, 0.15) is 0 Å². The van der Waals surface area contributed by atoms with Gasteiger partial charge in [-0.1, -0.05) is 13.0 Å². The maximum Gasteiger partial charge on any atom is 0.329 e. The monoisotopic (exact) mass is 194 g/mol. The number of pyridine rings is 1. The van der Waals surface area contributed by atoms with Crippen molar-refractivity contribution in [3.05, 3.63) is 29.6 Å². The van der Waals surface area contributed by atoms with Crippen LogP contribution in [0.15, 0.2) is 18.3 Å². The van der Waals surface area contributed by atoms with E-state index in [1.807, 2.05) is 24.5 Å². The normalized spacial score (nSPS) is 9.57. The number of hydrogen-bond acceptors (Lipinski definition) is 3. The van der Waals surface area contributed by atoms with Gasteiger partial charge in [0.2, 0.25) is 0 Å². The summed E-state index contributed by atoms with van der Waals surface area (Å²) in [5.41, 5.74) is 4.00. The Morgan fingerprint density at radius 3 is 3.07 bits per heavy atom. The van der Waals surface area contributed by atoms with Crippen molar-refractivity contribution in [3.8, 4) is 0 Å². The number of amides is 2. The topological polar surface area (TPSA) is 80.0 Å². The predicted octanol–water partition coefficient (Wildman–Crippen LogP) is 0.317. The number of urea groups is 1. The molecular formula is C9H14N4O. The van der Waals surface area contributed by atoms with Gasteiger partial charge >= 0.3 is 6.03 Å².